The quantitative estimate of drug-likeness (QED) is 0.444. The largest absolute Gasteiger partial charge is 0.468 e. The molecule has 1 aromatic rings. The molecule has 0 amide bonds. The molecule has 1 heterocycles. The van der Waals surface area contributed by atoms with Crippen molar-refractivity contribution in [3.8, 4) is 0 Å². The molecule has 18 heavy (non-hydrogen) atoms. The average Bonchev–Trinajstić information content (AvgIpc) is 2.87. The van der Waals surface area contributed by atoms with E-state index in [1.54, 1.807) is 24.2 Å². The molecule has 0 saturated heterocycles. The van der Waals surface area contributed by atoms with Gasteiger partial charge in [0.1, 0.15) is 11.8 Å². The van der Waals surface area contributed by atoms with Crippen molar-refractivity contribution >= 4 is 17.7 Å². The molecule has 0 radical (unpaired) electrons. The van der Waals surface area contributed by atoms with Gasteiger partial charge in [0.05, 0.1) is 13.3 Å². The molecule has 1 atom stereocenters. The molecule has 0 fully saturated rings. The predicted octanol–water partition coefficient (Wildman–Crippen LogP) is 2.09. The van der Waals surface area contributed by atoms with Crippen molar-refractivity contribution in [1.82, 2.24) is 10.3 Å². The highest BCUT2D eigenvalue weighted by molar-refractivity contribution is 7.99. The van der Waals surface area contributed by atoms with E-state index in [0.29, 0.717) is 5.22 Å². The fourth-order valence-electron chi connectivity index (χ4n) is 1.74. The Morgan fingerprint density at radius 1 is 1.67 bits per heavy atom. The maximum Gasteiger partial charge on any atom is 0.325 e. The third-order valence-electron chi connectivity index (χ3n) is 2.66. The average molecular weight is 272 g/mol. The Kier molecular flexibility index (Phi) is 6.21. The van der Waals surface area contributed by atoms with Gasteiger partial charge in [-0.05, 0) is 26.3 Å². The first-order valence-corrected chi connectivity index (χ1v) is 6.96. The van der Waals surface area contributed by atoms with Crippen LogP contribution in [0.25, 0.3) is 0 Å². The summed E-state index contributed by atoms with van der Waals surface area (Å²) in [6.45, 7) is 4.58. The number of thioether (sulfide) groups is 1. The molecule has 1 aromatic heterocycles. The summed E-state index contributed by atoms with van der Waals surface area (Å²) in [5, 5.41) is 3.85. The zero-order chi connectivity index (χ0) is 13.4. The van der Waals surface area contributed by atoms with Gasteiger partial charge >= 0.3 is 5.97 Å². The zero-order valence-electron chi connectivity index (χ0n) is 11.1. The third-order valence-corrected chi connectivity index (χ3v) is 3.60. The van der Waals surface area contributed by atoms with Crippen LogP contribution in [0.4, 0.5) is 0 Å². The van der Waals surface area contributed by atoms with Gasteiger partial charge in [-0.15, -0.1) is 0 Å². The van der Waals surface area contributed by atoms with Crippen LogP contribution in [0.2, 0.25) is 0 Å². The van der Waals surface area contributed by atoms with Gasteiger partial charge in [0, 0.05) is 5.75 Å². The fourth-order valence-corrected chi connectivity index (χ4v) is 2.47. The molecule has 0 aliphatic heterocycles. The molecule has 1 unspecified atom stereocenters. The Morgan fingerprint density at radius 2 is 2.44 bits per heavy atom. The second-order valence-corrected chi connectivity index (χ2v) is 5.15. The molecule has 1 rings (SSSR count). The molecule has 0 aromatic carbocycles. The van der Waals surface area contributed by atoms with Crippen LogP contribution >= 0.6 is 11.8 Å². The first-order chi connectivity index (χ1) is 8.62. The van der Waals surface area contributed by atoms with Crippen LogP contribution in [-0.2, 0) is 9.53 Å². The minimum Gasteiger partial charge on any atom is -0.468 e. The number of hydrogen-bond acceptors (Lipinski definition) is 6. The highest BCUT2D eigenvalue weighted by Crippen LogP contribution is 2.20. The molecule has 0 aliphatic rings. The second-order valence-electron chi connectivity index (χ2n) is 4.10. The maximum atomic E-state index is 11.7. The lowest BCUT2D eigenvalue weighted by atomic mass is 9.96. The molecule has 0 bridgehead atoms. The number of nitrogens with zero attached hydrogens (tertiary/aromatic N) is 1. The number of hydrogen-bond donors (Lipinski definition) is 1. The van der Waals surface area contributed by atoms with Gasteiger partial charge in [0.2, 0.25) is 0 Å². The Labute approximate surface area is 112 Å². The van der Waals surface area contributed by atoms with E-state index in [0.717, 1.165) is 25.1 Å². The highest BCUT2D eigenvalue weighted by atomic mass is 32.2. The van der Waals surface area contributed by atoms with E-state index in [1.165, 1.54) is 7.11 Å². The zero-order valence-corrected chi connectivity index (χ0v) is 11.9. The molecule has 6 heteroatoms. The summed E-state index contributed by atoms with van der Waals surface area (Å²) >= 11 is 1.55. The van der Waals surface area contributed by atoms with Gasteiger partial charge in [-0.3, -0.25) is 4.79 Å². The van der Waals surface area contributed by atoms with Crippen LogP contribution in [0.1, 0.15) is 26.7 Å². The van der Waals surface area contributed by atoms with Gasteiger partial charge in [-0.2, -0.15) is 0 Å². The normalized spacial score (nSPS) is 14.2. The topological polar surface area (TPSA) is 64.4 Å². The molecule has 0 aliphatic carbocycles. The molecule has 1 N–H and O–H groups in total. The first kappa shape index (κ1) is 15.0. The van der Waals surface area contributed by atoms with Gasteiger partial charge in [0.15, 0.2) is 0 Å². The smallest absolute Gasteiger partial charge is 0.325 e. The Balaban J connectivity index is 2.35. The van der Waals surface area contributed by atoms with E-state index in [9.17, 15) is 4.79 Å². The fraction of sp³-hybridized carbons (Fsp3) is 0.667. The summed E-state index contributed by atoms with van der Waals surface area (Å²) in [4.78, 5) is 15.8. The van der Waals surface area contributed by atoms with Gasteiger partial charge < -0.3 is 14.5 Å². The summed E-state index contributed by atoms with van der Waals surface area (Å²) in [6, 6.07) is 0. The van der Waals surface area contributed by atoms with Crippen LogP contribution in [0.5, 0.6) is 0 Å². The van der Waals surface area contributed by atoms with Crippen molar-refractivity contribution in [2.45, 2.75) is 37.5 Å². The molecule has 0 saturated carbocycles. The lowest BCUT2D eigenvalue weighted by Gasteiger charge is -2.27. The van der Waals surface area contributed by atoms with Gasteiger partial charge in [-0.25, -0.2) is 4.98 Å². The van der Waals surface area contributed by atoms with Crippen molar-refractivity contribution < 1.29 is 13.9 Å². The van der Waals surface area contributed by atoms with E-state index in [2.05, 4.69) is 10.3 Å². The Morgan fingerprint density at radius 3 is 3.00 bits per heavy atom. The van der Waals surface area contributed by atoms with E-state index in [-0.39, 0.29) is 5.97 Å². The lowest BCUT2D eigenvalue weighted by molar-refractivity contribution is -0.148. The van der Waals surface area contributed by atoms with Crippen LogP contribution in [0.3, 0.4) is 0 Å². The van der Waals surface area contributed by atoms with Gasteiger partial charge in [0.25, 0.3) is 5.22 Å². The van der Waals surface area contributed by atoms with E-state index in [1.807, 2.05) is 13.8 Å². The molecular formula is C12H20N2O3S. The van der Waals surface area contributed by atoms with E-state index in [4.69, 9.17) is 9.15 Å². The second kappa shape index (κ2) is 7.43. The van der Waals surface area contributed by atoms with Crippen molar-refractivity contribution in [1.29, 1.82) is 0 Å². The number of esters is 1. The third kappa shape index (κ3) is 4.34. The Hall–Kier alpha value is -1.01. The number of nitrogens with one attached hydrogen (secondary N) is 1. The SMILES string of the molecule is CCNC(C)(CCCSc1ncco1)C(=O)OC. The summed E-state index contributed by atoms with van der Waals surface area (Å²) in [5.74, 6) is 0.642. The highest BCUT2D eigenvalue weighted by Gasteiger charge is 2.32. The van der Waals surface area contributed by atoms with Crippen LogP contribution in [-0.4, -0.2) is 35.9 Å². The monoisotopic (exact) mass is 272 g/mol. The standard InChI is InChI=1S/C12H20N2O3S/c1-4-14-12(2,10(15)16-3)6-5-9-18-11-13-7-8-17-11/h7-8,14H,4-6,9H2,1-3H3. The van der Waals surface area contributed by atoms with Crippen molar-refractivity contribution in [3.63, 3.8) is 0 Å². The minimum atomic E-state index is -0.610. The lowest BCUT2D eigenvalue weighted by Crippen LogP contribution is -2.50. The summed E-state index contributed by atoms with van der Waals surface area (Å²) < 4.78 is 9.96. The number of aromatic nitrogens is 1. The van der Waals surface area contributed by atoms with Crippen LogP contribution in [0, 0.1) is 0 Å². The molecular weight excluding hydrogens is 252 g/mol. The molecule has 5 nitrogen and oxygen atoms in total. The summed E-state index contributed by atoms with van der Waals surface area (Å²) in [5.41, 5.74) is -0.610. The van der Waals surface area contributed by atoms with E-state index < -0.39 is 5.54 Å². The number of ether oxygens (including phenoxy) is 1. The number of carbonyl (C=O) groups excluding carboxylic acids is 1. The van der Waals surface area contributed by atoms with Crippen molar-refractivity contribution in [3.05, 3.63) is 12.5 Å². The number of methoxy groups -OCH3 is 1. The number of carbonyl (C=O) groups is 1. The number of rotatable bonds is 8. The van der Waals surface area contributed by atoms with Crippen molar-refractivity contribution in [2.75, 3.05) is 19.4 Å². The maximum absolute atomic E-state index is 11.7. The molecule has 0 spiro atoms. The Bertz CT molecular complexity index is 356. The molecule has 102 valence electrons. The summed E-state index contributed by atoms with van der Waals surface area (Å²) in [7, 11) is 1.42. The minimum absolute atomic E-state index is 0.217. The van der Waals surface area contributed by atoms with Crippen LogP contribution in [0.15, 0.2) is 22.1 Å². The number of oxazole rings is 1. The number of likely N-dealkylation sites (N-methyl/N-ethyl adjacent to an activating group) is 1. The van der Waals surface area contributed by atoms with Gasteiger partial charge in [-0.1, -0.05) is 18.7 Å². The predicted molar refractivity (Wildman–Crippen MR) is 70.6 cm³/mol. The first-order valence-electron chi connectivity index (χ1n) is 5.98. The van der Waals surface area contributed by atoms with E-state index >= 15 is 0 Å². The van der Waals surface area contributed by atoms with Crippen molar-refractivity contribution in [2.24, 2.45) is 0 Å². The van der Waals surface area contributed by atoms with Crippen LogP contribution < -0.4 is 5.32 Å². The summed E-state index contributed by atoms with van der Waals surface area (Å²) in [6.07, 6.45) is 4.78.